The summed E-state index contributed by atoms with van der Waals surface area (Å²) in [5, 5.41) is 14.5. The maximum Gasteiger partial charge on any atom is 0.148 e. The molecule has 0 amide bonds. The number of nitrogens with one attached hydrogen (secondary N) is 2. The van der Waals surface area contributed by atoms with Gasteiger partial charge in [-0.15, -0.1) is 10.2 Å². The van der Waals surface area contributed by atoms with Crippen molar-refractivity contribution in [3.63, 3.8) is 0 Å². The minimum atomic E-state index is 0.778. The number of hydrogen-bond donors (Lipinski definition) is 2. The predicted octanol–water partition coefficient (Wildman–Crippen LogP) is 1.17. The standard InChI is InChI=1S/C12H15N5/c1-13-8-9-15-12-6-5-11(16-17-12)10-4-2-3-7-14-10/h2-7,13H,8-9H2,1H3,(H,15,17). The van der Waals surface area contributed by atoms with E-state index in [2.05, 4.69) is 25.8 Å². The van der Waals surface area contributed by atoms with Gasteiger partial charge in [0.2, 0.25) is 0 Å². The fraction of sp³-hybridized carbons (Fsp3) is 0.250. The molecule has 0 aromatic carbocycles. The van der Waals surface area contributed by atoms with Crippen LogP contribution >= 0.6 is 0 Å². The first-order valence-electron chi connectivity index (χ1n) is 5.54. The highest BCUT2D eigenvalue weighted by Crippen LogP contribution is 2.13. The van der Waals surface area contributed by atoms with E-state index in [-0.39, 0.29) is 0 Å². The fourth-order valence-corrected chi connectivity index (χ4v) is 1.39. The van der Waals surface area contributed by atoms with E-state index in [0.29, 0.717) is 0 Å². The van der Waals surface area contributed by atoms with Crippen molar-refractivity contribution in [2.24, 2.45) is 0 Å². The Kier molecular flexibility index (Phi) is 3.99. The number of likely N-dealkylation sites (N-methyl/N-ethyl adjacent to an activating group) is 1. The molecule has 0 radical (unpaired) electrons. The number of hydrogen-bond acceptors (Lipinski definition) is 5. The van der Waals surface area contributed by atoms with Gasteiger partial charge < -0.3 is 10.6 Å². The zero-order valence-corrected chi connectivity index (χ0v) is 9.72. The van der Waals surface area contributed by atoms with Gasteiger partial charge in [-0.3, -0.25) is 4.98 Å². The summed E-state index contributed by atoms with van der Waals surface area (Å²) in [7, 11) is 1.91. The van der Waals surface area contributed by atoms with Gasteiger partial charge in [0.25, 0.3) is 0 Å². The van der Waals surface area contributed by atoms with Crippen molar-refractivity contribution < 1.29 is 0 Å². The molecule has 0 bridgehead atoms. The lowest BCUT2D eigenvalue weighted by Gasteiger charge is -2.04. The van der Waals surface area contributed by atoms with E-state index in [9.17, 15) is 0 Å². The molecular weight excluding hydrogens is 214 g/mol. The molecule has 0 aliphatic rings. The summed E-state index contributed by atoms with van der Waals surface area (Å²) < 4.78 is 0. The van der Waals surface area contributed by atoms with Gasteiger partial charge in [0.05, 0.1) is 5.69 Å². The molecule has 0 atom stereocenters. The molecule has 0 aliphatic heterocycles. The van der Waals surface area contributed by atoms with Crippen molar-refractivity contribution >= 4 is 5.82 Å². The van der Waals surface area contributed by atoms with E-state index >= 15 is 0 Å². The van der Waals surface area contributed by atoms with Crippen molar-refractivity contribution in [1.82, 2.24) is 20.5 Å². The molecule has 5 heteroatoms. The quantitative estimate of drug-likeness (QED) is 0.754. The molecule has 2 N–H and O–H groups in total. The first-order valence-corrected chi connectivity index (χ1v) is 5.54. The molecule has 2 aromatic rings. The van der Waals surface area contributed by atoms with Crippen molar-refractivity contribution in [2.75, 3.05) is 25.5 Å². The van der Waals surface area contributed by atoms with Crippen LogP contribution in [0.3, 0.4) is 0 Å². The molecule has 2 heterocycles. The lowest BCUT2D eigenvalue weighted by Crippen LogP contribution is -2.18. The average molecular weight is 229 g/mol. The van der Waals surface area contributed by atoms with Gasteiger partial charge in [-0.25, -0.2) is 0 Å². The molecule has 17 heavy (non-hydrogen) atoms. The predicted molar refractivity (Wildman–Crippen MR) is 67.7 cm³/mol. The minimum absolute atomic E-state index is 0.778. The van der Waals surface area contributed by atoms with Crippen LogP contribution in [0.4, 0.5) is 5.82 Å². The Morgan fingerprint density at radius 1 is 1.00 bits per heavy atom. The summed E-state index contributed by atoms with van der Waals surface area (Å²) >= 11 is 0. The minimum Gasteiger partial charge on any atom is -0.367 e. The second kappa shape index (κ2) is 5.91. The van der Waals surface area contributed by atoms with Crippen molar-refractivity contribution in [1.29, 1.82) is 0 Å². The molecular formula is C12H15N5. The van der Waals surface area contributed by atoms with E-state index in [1.54, 1.807) is 6.20 Å². The summed E-state index contributed by atoms with van der Waals surface area (Å²) in [5.74, 6) is 0.778. The van der Waals surface area contributed by atoms with Crippen LogP contribution in [-0.4, -0.2) is 35.3 Å². The third kappa shape index (κ3) is 3.22. The number of anilines is 1. The Bertz CT molecular complexity index is 440. The summed E-state index contributed by atoms with van der Waals surface area (Å²) in [4.78, 5) is 4.22. The molecule has 88 valence electrons. The molecule has 0 saturated carbocycles. The maximum atomic E-state index is 4.22. The zero-order chi connectivity index (χ0) is 11.9. The van der Waals surface area contributed by atoms with Gasteiger partial charge in [0, 0.05) is 19.3 Å². The largest absolute Gasteiger partial charge is 0.367 e. The lowest BCUT2D eigenvalue weighted by molar-refractivity contribution is 0.818. The summed E-state index contributed by atoms with van der Waals surface area (Å²) in [5.41, 5.74) is 1.62. The fourth-order valence-electron chi connectivity index (χ4n) is 1.39. The van der Waals surface area contributed by atoms with Crippen LogP contribution in [-0.2, 0) is 0 Å². The Morgan fingerprint density at radius 2 is 1.94 bits per heavy atom. The first kappa shape index (κ1) is 11.5. The van der Waals surface area contributed by atoms with Gasteiger partial charge >= 0.3 is 0 Å². The van der Waals surface area contributed by atoms with Crippen LogP contribution in [0.5, 0.6) is 0 Å². The van der Waals surface area contributed by atoms with Crippen LogP contribution in [0.1, 0.15) is 0 Å². The molecule has 0 unspecified atom stereocenters. The van der Waals surface area contributed by atoms with Crippen LogP contribution in [0.25, 0.3) is 11.4 Å². The monoisotopic (exact) mass is 229 g/mol. The molecule has 0 saturated heterocycles. The van der Waals surface area contributed by atoms with Crippen LogP contribution in [0.2, 0.25) is 0 Å². The van der Waals surface area contributed by atoms with Crippen LogP contribution < -0.4 is 10.6 Å². The normalized spacial score (nSPS) is 10.2. The summed E-state index contributed by atoms with van der Waals surface area (Å²) in [6, 6.07) is 9.55. The van der Waals surface area contributed by atoms with E-state index < -0.39 is 0 Å². The number of aromatic nitrogens is 3. The Labute approximate surface area is 100 Å². The van der Waals surface area contributed by atoms with E-state index in [1.807, 2.05) is 37.4 Å². The van der Waals surface area contributed by atoms with Gasteiger partial charge in [-0.05, 0) is 31.3 Å². The maximum absolute atomic E-state index is 4.22. The van der Waals surface area contributed by atoms with Crippen molar-refractivity contribution in [3.8, 4) is 11.4 Å². The molecule has 0 aliphatic carbocycles. The molecule has 5 nitrogen and oxygen atoms in total. The summed E-state index contributed by atoms with van der Waals surface area (Å²) in [6.45, 7) is 1.72. The molecule has 2 aromatic heterocycles. The van der Waals surface area contributed by atoms with Gasteiger partial charge in [0.15, 0.2) is 0 Å². The van der Waals surface area contributed by atoms with Gasteiger partial charge in [0.1, 0.15) is 11.5 Å². The molecule has 2 rings (SSSR count). The number of rotatable bonds is 5. The highest BCUT2D eigenvalue weighted by Gasteiger charge is 2.00. The second-order valence-corrected chi connectivity index (χ2v) is 3.55. The Balaban J connectivity index is 2.03. The highest BCUT2D eigenvalue weighted by molar-refractivity contribution is 5.54. The third-order valence-corrected chi connectivity index (χ3v) is 2.27. The smallest absolute Gasteiger partial charge is 0.148 e. The average Bonchev–Trinajstić information content (AvgIpc) is 2.41. The van der Waals surface area contributed by atoms with Crippen molar-refractivity contribution in [2.45, 2.75) is 0 Å². The zero-order valence-electron chi connectivity index (χ0n) is 9.72. The molecule has 0 fully saturated rings. The number of nitrogens with zero attached hydrogens (tertiary/aromatic N) is 3. The lowest BCUT2D eigenvalue weighted by atomic mass is 10.2. The topological polar surface area (TPSA) is 62.7 Å². The second-order valence-electron chi connectivity index (χ2n) is 3.55. The third-order valence-electron chi connectivity index (χ3n) is 2.27. The van der Waals surface area contributed by atoms with Crippen LogP contribution in [0.15, 0.2) is 36.5 Å². The van der Waals surface area contributed by atoms with Gasteiger partial charge in [-0.2, -0.15) is 0 Å². The SMILES string of the molecule is CNCCNc1ccc(-c2ccccn2)nn1. The van der Waals surface area contributed by atoms with E-state index in [1.165, 1.54) is 0 Å². The Morgan fingerprint density at radius 3 is 2.59 bits per heavy atom. The number of pyridine rings is 1. The van der Waals surface area contributed by atoms with E-state index in [0.717, 1.165) is 30.3 Å². The first-order chi connectivity index (χ1) is 8.40. The summed E-state index contributed by atoms with van der Waals surface area (Å²) in [6.07, 6.45) is 1.75. The van der Waals surface area contributed by atoms with E-state index in [4.69, 9.17) is 0 Å². The van der Waals surface area contributed by atoms with Gasteiger partial charge in [-0.1, -0.05) is 6.07 Å². The highest BCUT2D eigenvalue weighted by atomic mass is 15.2. The van der Waals surface area contributed by atoms with Crippen molar-refractivity contribution in [3.05, 3.63) is 36.5 Å². The molecule has 0 spiro atoms. The van der Waals surface area contributed by atoms with Crippen LogP contribution in [0, 0.1) is 0 Å². The Hall–Kier alpha value is -2.01.